The van der Waals surface area contributed by atoms with Gasteiger partial charge in [0.2, 0.25) is 0 Å². The zero-order valence-corrected chi connectivity index (χ0v) is 20.2. The molecule has 2 aromatic carbocycles. The summed E-state index contributed by atoms with van der Waals surface area (Å²) >= 11 is 0. The molecule has 10 nitrogen and oxygen atoms in total. The number of benzene rings is 2. The van der Waals surface area contributed by atoms with Crippen molar-refractivity contribution < 1.29 is 61.5 Å². The Bertz CT molecular complexity index is 839. The Kier molecular flexibility index (Phi) is 12.6. The van der Waals surface area contributed by atoms with Gasteiger partial charge >= 0.3 is 0 Å². The van der Waals surface area contributed by atoms with Crippen molar-refractivity contribution in [2.24, 2.45) is 0 Å². The Balaban J connectivity index is 0.000000462. The second-order valence-electron chi connectivity index (χ2n) is 7.12. The molecule has 0 fully saturated rings. The fraction of sp³-hybridized carbons (Fsp3) is 0.273. The Labute approximate surface area is 205 Å². The molecular formula is C22H26N2O8Ti. The van der Waals surface area contributed by atoms with E-state index >= 15 is 0 Å². The Morgan fingerprint density at radius 1 is 0.545 bits per heavy atom. The quantitative estimate of drug-likeness (QED) is 0.247. The van der Waals surface area contributed by atoms with Gasteiger partial charge in [0.25, 0.3) is 23.6 Å². The van der Waals surface area contributed by atoms with Gasteiger partial charge in [0.05, 0.1) is 22.3 Å². The summed E-state index contributed by atoms with van der Waals surface area (Å²) in [6.07, 6.45) is -0.333. The molecular weight excluding hydrogens is 468 g/mol. The minimum atomic E-state index is -0.657. The maximum absolute atomic E-state index is 11.1. The van der Waals surface area contributed by atoms with Gasteiger partial charge in [-0.15, -0.1) is 10.1 Å². The number of fused-ring (bicyclic) bond motifs is 2. The van der Waals surface area contributed by atoms with Crippen molar-refractivity contribution in [1.82, 2.24) is 10.1 Å². The molecule has 0 bridgehead atoms. The van der Waals surface area contributed by atoms with Gasteiger partial charge in [-0.2, -0.15) is 0 Å². The molecule has 0 unspecified atom stereocenters. The van der Waals surface area contributed by atoms with Crippen LogP contribution >= 0.6 is 0 Å². The Hall–Kier alpha value is -2.73. The van der Waals surface area contributed by atoms with E-state index in [0.717, 1.165) is 0 Å². The van der Waals surface area contributed by atoms with E-state index in [-0.39, 0.29) is 66.3 Å². The van der Waals surface area contributed by atoms with E-state index in [9.17, 15) is 19.2 Å². The third-order valence-corrected chi connectivity index (χ3v) is 3.55. The zero-order valence-electron chi connectivity index (χ0n) is 18.6. The molecule has 0 saturated carbocycles. The fourth-order valence-corrected chi connectivity index (χ4v) is 2.35. The molecule has 2 aliphatic heterocycles. The summed E-state index contributed by atoms with van der Waals surface area (Å²) in [5, 5.41) is 34.2. The number of hydrogen-bond donors (Lipinski definition) is 4. The van der Waals surface area contributed by atoms with Crippen molar-refractivity contribution in [2.75, 3.05) is 0 Å². The van der Waals surface area contributed by atoms with Crippen LogP contribution in [-0.2, 0) is 21.7 Å². The number of rotatable bonds is 0. The minimum Gasteiger partial charge on any atom is -0.394 e. The van der Waals surface area contributed by atoms with Crippen LogP contribution in [0.4, 0.5) is 0 Å². The summed E-state index contributed by atoms with van der Waals surface area (Å²) < 4.78 is 0. The van der Waals surface area contributed by atoms with Crippen LogP contribution in [0.5, 0.6) is 0 Å². The summed E-state index contributed by atoms with van der Waals surface area (Å²) in [5.41, 5.74) is 1.02. The molecule has 0 radical (unpaired) electrons. The second kappa shape index (κ2) is 13.7. The summed E-state index contributed by atoms with van der Waals surface area (Å²) in [6, 6.07) is 12.6. The van der Waals surface area contributed by atoms with Gasteiger partial charge in [0, 0.05) is 33.9 Å². The molecule has 11 heteroatoms. The van der Waals surface area contributed by atoms with Gasteiger partial charge in [-0.25, -0.2) is 0 Å². The summed E-state index contributed by atoms with van der Waals surface area (Å²) in [6.45, 7) is 6.89. The number of aliphatic hydroxyl groups excluding tert-OH is 2. The topological polar surface area (TPSA) is 156 Å². The molecule has 4 rings (SSSR count). The van der Waals surface area contributed by atoms with Crippen molar-refractivity contribution in [3.05, 3.63) is 70.8 Å². The van der Waals surface area contributed by atoms with E-state index in [2.05, 4.69) is 0 Å². The van der Waals surface area contributed by atoms with Crippen LogP contribution in [0.1, 0.15) is 69.1 Å². The molecule has 4 amide bonds. The average Bonchev–Trinajstić information content (AvgIpc) is 3.09. The first-order valence-corrected chi connectivity index (χ1v) is 9.59. The fourth-order valence-electron chi connectivity index (χ4n) is 2.35. The second-order valence-corrected chi connectivity index (χ2v) is 7.12. The van der Waals surface area contributed by atoms with Crippen LogP contribution in [0.15, 0.2) is 48.5 Å². The van der Waals surface area contributed by atoms with Crippen LogP contribution in [-0.4, -0.2) is 66.6 Å². The number of carbonyl (C=O) groups is 4. The molecule has 2 aliphatic rings. The van der Waals surface area contributed by atoms with Crippen LogP contribution in [0, 0.1) is 0 Å². The van der Waals surface area contributed by atoms with Gasteiger partial charge in [0.1, 0.15) is 0 Å². The first-order chi connectivity index (χ1) is 14.9. The molecule has 4 N–H and O–H groups in total. The largest absolute Gasteiger partial charge is 0.394 e. The molecule has 0 spiro atoms. The molecule has 2 aromatic rings. The van der Waals surface area contributed by atoms with E-state index in [0.29, 0.717) is 0 Å². The molecule has 33 heavy (non-hydrogen) atoms. The number of amides is 4. The molecule has 0 aliphatic carbocycles. The Morgan fingerprint density at radius 2 is 0.697 bits per heavy atom. The monoisotopic (exact) mass is 494 g/mol. The summed E-state index contributed by atoms with van der Waals surface area (Å²) in [5.74, 6) is -2.63. The number of hydroxylamine groups is 4. The molecule has 176 valence electrons. The van der Waals surface area contributed by atoms with E-state index in [1.807, 2.05) is 0 Å². The van der Waals surface area contributed by atoms with Crippen LogP contribution < -0.4 is 0 Å². The third-order valence-electron chi connectivity index (χ3n) is 3.55. The molecule has 0 atom stereocenters. The maximum Gasteiger partial charge on any atom is 0.285 e. The first kappa shape index (κ1) is 30.3. The summed E-state index contributed by atoms with van der Waals surface area (Å²) in [4.78, 5) is 44.2. The van der Waals surface area contributed by atoms with E-state index < -0.39 is 23.6 Å². The standard InChI is InChI=1S/2C8H5NO3.2C3H8O.Ti/c2*10-7-5-3-1-2-4-6(5)8(11)9(7)12;2*1-3(2)4;/h2*1-4,12H;2*3-4H,1-2H3;. The Morgan fingerprint density at radius 3 is 0.848 bits per heavy atom. The van der Waals surface area contributed by atoms with Crippen LogP contribution in [0.3, 0.4) is 0 Å². The van der Waals surface area contributed by atoms with Gasteiger partial charge in [-0.05, 0) is 52.0 Å². The first-order valence-electron chi connectivity index (χ1n) is 9.59. The van der Waals surface area contributed by atoms with Gasteiger partial charge in [-0.3, -0.25) is 29.6 Å². The predicted molar refractivity (Wildman–Crippen MR) is 112 cm³/mol. The normalized spacial score (nSPS) is 13.3. The number of carbonyl (C=O) groups excluding carboxylic acids is 4. The summed E-state index contributed by atoms with van der Waals surface area (Å²) in [7, 11) is 0. The average molecular weight is 494 g/mol. The van der Waals surface area contributed by atoms with E-state index in [4.69, 9.17) is 20.6 Å². The number of aliphatic hydroxyl groups is 2. The number of hydrogen-bond acceptors (Lipinski definition) is 8. The molecule has 2 heterocycles. The molecule has 0 aromatic heterocycles. The van der Waals surface area contributed by atoms with Crippen molar-refractivity contribution in [2.45, 2.75) is 39.9 Å². The third kappa shape index (κ3) is 8.28. The van der Waals surface area contributed by atoms with Crippen molar-refractivity contribution in [3.63, 3.8) is 0 Å². The van der Waals surface area contributed by atoms with Crippen molar-refractivity contribution in [1.29, 1.82) is 0 Å². The van der Waals surface area contributed by atoms with Crippen LogP contribution in [0.25, 0.3) is 0 Å². The predicted octanol–water partition coefficient (Wildman–Crippen LogP) is 2.12. The maximum atomic E-state index is 11.1. The number of imide groups is 2. The van der Waals surface area contributed by atoms with Gasteiger partial charge < -0.3 is 10.2 Å². The van der Waals surface area contributed by atoms with Gasteiger partial charge in [0.15, 0.2) is 0 Å². The SMILES string of the molecule is CC(C)O.CC(C)O.O=C1c2ccccc2C(=O)N1O.O=C1c2ccccc2C(=O)N1O.[Ti]. The van der Waals surface area contributed by atoms with Crippen LogP contribution in [0.2, 0.25) is 0 Å². The van der Waals surface area contributed by atoms with E-state index in [1.54, 1.807) is 52.0 Å². The van der Waals surface area contributed by atoms with E-state index in [1.165, 1.54) is 24.3 Å². The smallest absolute Gasteiger partial charge is 0.285 e. The van der Waals surface area contributed by atoms with Crippen molar-refractivity contribution in [3.8, 4) is 0 Å². The minimum absolute atomic E-state index is 0. The van der Waals surface area contributed by atoms with Crippen molar-refractivity contribution >= 4 is 23.6 Å². The number of nitrogens with zero attached hydrogens (tertiary/aromatic N) is 2. The zero-order chi connectivity index (χ0) is 24.6. The molecule has 0 saturated heterocycles. The van der Waals surface area contributed by atoms with Gasteiger partial charge in [-0.1, -0.05) is 24.3 Å².